The maximum atomic E-state index is 12.1. The molecule has 116 valence electrons. The molecule has 0 radical (unpaired) electrons. The van der Waals surface area contributed by atoms with Gasteiger partial charge < -0.3 is 10.1 Å². The van der Waals surface area contributed by atoms with Crippen molar-refractivity contribution >= 4 is 45.7 Å². The summed E-state index contributed by atoms with van der Waals surface area (Å²) >= 11 is 11.8. The Balaban J connectivity index is 1.69. The lowest BCUT2D eigenvalue weighted by molar-refractivity contribution is -0.118. The fourth-order valence-electron chi connectivity index (χ4n) is 2.13. The first-order valence-corrected chi connectivity index (χ1v) is 7.60. The van der Waals surface area contributed by atoms with E-state index in [1.807, 2.05) is 30.3 Å². The van der Waals surface area contributed by atoms with Crippen molar-refractivity contribution in [2.45, 2.75) is 0 Å². The molecule has 0 unspecified atom stereocenters. The number of benzene rings is 2. The van der Waals surface area contributed by atoms with Gasteiger partial charge in [0.1, 0.15) is 5.75 Å². The molecule has 0 saturated carbocycles. The molecular formula is C17H12Cl2N2O2. The van der Waals surface area contributed by atoms with E-state index < -0.39 is 0 Å². The number of nitrogens with one attached hydrogen (secondary N) is 1. The number of rotatable bonds is 4. The summed E-state index contributed by atoms with van der Waals surface area (Å²) in [4.78, 5) is 16.3. The van der Waals surface area contributed by atoms with Gasteiger partial charge in [0.25, 0.3) is 5.91 Å². The van der Waals surface area contributed by atoms with Crippen LogP contribution >= 0.6 is 23.2 Å². The molecule has 1 aromatic heterocycles. The summed E-state index contributed by atoms with van der Waals surface area (Å²) in [7, 11) is 0. The van der Waals surface area contributed by atoms with E-state index >= 15 is 0 Å². The van der Waals surface area contributed by atoms with Gasteiger partial charge in [-0.1, -0.05) is 29.3 Å². The number of halogens is 2. The van der Waals surface area contributed by atoms with Crippen LogP contribution in [-0.2, 0) is 4.79 Å². The Hall–Kier alpha value is -2.30. The van der Waals surface area contributed by atoms with Gasteiger partial charge in [0.15, 0.2) is 6.61 Å². The Morgan fingerprint density at radius 1 is 1.13 bits per heavy atom. The van der Waals surface area contributed by atoms with E-state index in [-0.39, 0.29) is 12.5 Å². The zero-order valence-corrected chi connectivity index (χ0v) is 13.4. The average molecular weight is 347 g/mol. The van der Waals surface area contributed by atoms with E-state index in [9.17, 15) is 4.79 Å². The largest absolute Gasteiger partial charge is 0.482 e. The zero-order valence-electron chi connectivity index (χ0n) is 11.9. The second kappa shape index (κ2) is 6.86. The van der Waals surface area contributed by atoms with Crippen LogP contribution in [0.4, 0.5) is 5.69 Å². The number of aromatic nitrogens is 1. The number of anilines is 1. The second-order valence-electron chi connectivity index (χ2n) is 4.79. The molecule has 3 aromatic rings. The monoisotopic (exact) mass is 346 g/mol. The van der Waals surface area contributed by atoms with E-state index in [4.69, 9.17) is 27.9 Å². The first-order valence-electron chi connectivity index (χ1n) is 6.85. The molecule has 2 aromatic carbocycles. The van der Waals surface area contributed by atoms with Crippen molar-refractivity contribution in [2.24, 2.45) is 0 Å². The van der Waals surface area contributed by atoms with Crippen LogP contribution in [0.3, 0.4) is 0 Å². The number of fused-ring (bicyclic) bond motifs is 1. The Morgan fingerprint density at radius 2 is 2.00 bits per heavy atom. The van der Waals surface area contributed by atoms with Gasteiger partial charge in [-0.05, 0) is 42.5 Å². The molecule has 3 rings (SSSR count). The van der Waals surface area contributed by atoms with Crippen LogP contribution in [0.25, 0.3) is 10.9 Å². The molecule has 0 spiro atoms. The number of carbonyl (C=O) groups excluding carboxylic acids is 1. The van der Waals surface area contributed by atoms with E-state index in [0.29, 0.717) is 21.5 Å². The number of pyridine rings is 1. The van der Waals surface area contributed by atoms with Gasteiger partial charge in [0.05, 0.1) is 16.2 Å². The van der Waals surface area contributed by atoms with Gasteiger partial charge in [-0.25, -0.2) is 0 Å². The Kier molecular flexibility index (Phi) is 4.65. The third-order valence-electron chi connectivity index (χ3n) is 3.17. The predicted molar refractivity (Wildman–Crippen MR) is 92.3 cm³/mol. The molecule has 0 aliphatic heterocycles. The quantitative estimate of drug-likeness (QED) is 0.753. The van der Waals surface area contributed by atoms with E-state index in [1.54, 1.807) is 24.4 Å². The molecule has 0 saturated heterocycles. The Morgan fingerprint density at radius 3 is 2.83 bits per heavy atom. The van der Waals surface area contributed by atoms with Crippen molar-refractivity contribution in [3.8, 4) is 5.75 Å². The molecule has 0 fully saturated rings. The lowest BCUT2D eigenvalue weighted by atomic mass is 10.2. The molecule has 1 heterocycles. The minimum absolute atomic E-state index is 0.155. The zero-order chi connectivity index (χ0) is 16.2. The minimum Gasteiger partial charge on any atom is -0.482 e. The van der Waals surface area contributed by atoms with E-state index in [2.05, 4.69) is 10.3 Å². The highest BCUT2D eigenvalue weighted by atomic mass is 35.5. The Bertz CT molecular complexity index is 863. The molecule has 23 heavy (non-hydrogen) atoms. The van der Waals surface area contributed by atoms with E-state index in [1.165, 1.54) is 0 Å². The van der Waals surface area contributed by atoms with E-state index in [0.717, 1.165) is 10.9 Å². The van der Waals surface area contributed by atoms with Crippen LogP contribution in [0.2, 0.25) is 10.0 Å². The van der Waals surface area contributed by atoms with Crippen molar-refractivity contribution in [3.05, 3.63) is 64.8 Å². The molecule has 4 nitrogen and oxygen atoms in total. The fourth-order valence-corrected chi connectivity index (χ4v) is 2.60. The number of hydrogen-bond donors (Lipinski definition) is 1. The summed E-state index contributed by atoms with van der Waals surface area (Å²) in [6, 6.07) is 14.1. The van der Waals surface area contributed by atoms with Crippen LogP contribution < -0.4 is 10.1 Å². The van der Waals surface area contributed by atoms with Crippen LogP contribution in [0.15, 0.2) is 54.7 Å². The predicted octanol–water partition coefficient (Wildman–Crippen LogP) is 4.56. The first kappa shape index (κ1) is 15.6. The fraction of sp³-hybridized carbons (Fsp3) is 0.0588. The summed E-state index contributed by atoms with van der Waals surface area (Å²) in [6.07, 6.45) is 1.71. The van der Waals surface area contributed by atoms with Gasteiger partial charge in [0, 0.05) is 16.6 Å². The summed E-state index contributed by atoms with van der Waals surface area (Å²) in [6.45, 7) is -0.155. The second-order valence-corrected chi connectivity index (χ2v) is 5.63. The first-order chi connectivity index (χ1) is 11.1. The van der Waals surface area contributed by atoms with Crippen molar-refractivity contribution in [3.63, 3.8) is 0 Å². The Labute approximate surface area is 143 Å². The number of ether oxygens (including phenoxy) is 1. The highest BCUT2D eigenvalue weighted by Crippen LogP contribution is 2.27. The van der Waals surface area contributed by atoms with Gasteiger partial charge in [-0.15, -0.1) is 0 Å². The molecule has 1 amide bonds. The van der Waals surface area contributed by atoms with Gasteiger partial charge in [0.2, 0.25) is 0 Å². The molecule has 1 N–H and O–H groups in total. The van der Waals surface area contributed by atoms with Crippen molar-refractivity contribution in [1.82, 2.24) is 4.98 Å². The van der Waals surface area contributed by atoms with Crippen LogP contribution in [-0.4, -0.2) is 17.5 Å². The number of carbonyl (C=O) groups is 1. The van der Waals surface area contributed by atoms with Crippen molar-refractivity contribution in [1.29, 1.82) is 0 Å². The molecule has 0 bridgehead atoms. The summed E-state index contributed by atoms with van der Waals surface area (Å²) < 4.78 is 5.42. The molecule has 6 heteroatoms. The maximum absolute atomic E-state index is 12.1. The number of nitrogens with zero attached hydrogens (tertiary/aromatic N) is 1. The minimum atomic E-state index is -0.285. The summed E-state index contributed by atoms with van der Waals surface area (Å²) in [5, 5.41) is 4.55. The van der Waals surface area contributed by atoms with Crippen molar-refractivity contribution < 1.29 is 9.53 Å². The normalized spacial score (nSPS) is 10.5. The molecule has 0 aliphatic carbocycles. The maximum Gasteiger partial charge on any atom is 0.262 e. The summed E-state index contributed by atoms with van der Waals surface area (Å²) in [5.74, 6) is 0.123. The lowest BCUT2D eigenvalue weighted by Gasteiger charge is -2.10. The SMILES string of the molecule is O=C(COc1ccc(Cl)cc1Cl)Nc1cccc2ncccc12. The summed E-state index contributed by atoms with van der Waals surface area (Å²) in [5.41, 5.74) is 1.50. The number of amides is 1. The van der Waals surface area contributed by atoms with Gasteiger partial charge in [-0.3, -0.25) is 9.78 Å². The highest BCUT2D eigenvalue weighted by Gasteiger charge is 2.09. The average Bonchev–Trinajstić information content (AvgIpc) is 2.54. The van der Waals surface area contributed by atoms with Crippen LogP contribution in [0.5, 0.6) is 5.75 Å². The van der Waals surface area contributed by atoms with Gasteiger partial charge in [-0.2, -0.15) is 0 Å². The third kappa shape index (κ3) is 3.73. The topological polar surface area (TPSA) is 51.2 Å². The number of hydrogen-bond acceptors (Lipinski definition) is 3. The lowest BCUT2D eigenvalue weighted by Crippen LogP contribution is -2.20. The third-order valence-corrected chi connectivity index (χ3v) is 3.70. The highest BCUT2D eigenvalue weighted by molar-refractivity contribution is 6.35. The molecule has 0 aliphatic rings. The van der Waals surface area contributed by atoms with Crippen LogP contribution in [0, 0.1) is 0 Å². The standard InChI is InChI=1S/C17H12Cl2N2O2/c18-11-6-7-16(13(19)9-11)23-10-17(22)21-15-5-1-4-14-12(15)3-2-8-20-14/h1-9H,10H2,(H,21,22). The molecular weight excluding hydrogens is 335 g/mol. The van der Waals surface area contributed by atoms with Crippen LogP contribution in [0.1, 0.15) is 0 Å². The smallest absolute Gasteiger partial charge is 0.262 e. The molecule has 0 atom stereocenters. The van der Waals surface area contributed by atoms with Gasteiger partial charge >= 0.3 is 0 Å². The van der Waals surface area contributed by atoms with Crippen molar-refractivity contribution in [2.75, 3.05) is 11.9 Å².